The van der Waals surface area contributed by atoms with E-state index in [9.17, 15) is 14.0 Å². The van der Waals surface area contributed by atoms with Crippen molar-refractivity contribution in [2.75, 3.05) is 13.2 Å². The van der Waals surface area contributed by atoms with Crippen LogP contribution in [0.15, 0.2) is 29.2 Å². The molecule has 0 fully saturated rings. The number of hydrogen-bond acceptors (Lipinski definition) is 5. The molecule has 8 heteroatoms. The second-order valence-electron chi connectivity index (χ2n) is 5.50. The van der Waals surface area contributed by atoms with Crippen LogP contribution in [0.5, 0.6) is 0 Å². The van der Waals surface area contributed by atoms with E-state index in [1.807, 2.05) is 6.92 Å². The Balaban J connectivity index is 2.34. The van der Waals surface area contributed by atoms with Gasteiger partial charge in [-0.1, -0.05) is 11.6 Å². The van der Waals surface area contributed by atoms with Crippen molar-refractivity contribution in [2.24, 2.45) is 0 Å². The molecular formula is C18H16ClFN2O4. The molecule has 1 aromatic carbocycles. The maximum absolute atomic E-state index is 13.8. The molecule has 0 bridgehead atoms. The van der Waals surface area contributed by atoms with Crippen molar-refractivity contribution in [1.29, 1.82) is 0 Å². The van der Waals surface area contributed by atoms with E-state index >= 15 is 0 Å². The fraction of sp³-hybridized carbons (Fsp3) is 0.278. The van der Waals surface area contributed by atoms with E-state index in [0.717, 1.165) is 0 Å². The normalized spacial score (nSPS) is 11.2. The largest absolute Gasteiger partial charge is 0.462 e. The molecule has 0 saturated carbocycles. The zero-order valence-electron chi connectivity index (χ0n) is 14.2. The number of rotatable bonds is 5. The number of nitrogens with zero attached hydrogens (tertiary/aromatic N) is 2. The molecule has 0 unspecified atom stereocenters. The summed E-state index contributed by atoms with van der Waals surface area (Å²) in [5.74, 6) is -1.34. The molecule has 6 nitrogen and oxygen atoms in total. The molecule has 3 rings (SSSR count). The van der Waals surface area contributed by atoms with E-state index in [-0.39, 0.29) is 29.3 Å². The van der Waals surface area contributed by atoms with E-state index < -0.39 is 17.2 Å². The molecule has 0 N–H and O–H groups in total. The fourth-order valence-electron chi connectivity index (χ4n) is 2.61. The second kappa shape index (κ2) is 7.39. The standard InChI is InChI=1S/C18H16ClFN2O4/c1-3-25-9-22-8-12(18(24)26-4-2)16(23)11-5-10-6-14(20)13(19)7-15(10)21-17(11)22/h5-8H,3-4,9H2,1-2H3. The highest BCUT2D eigenvalue weighted by Crippen LogP contribution is 2.24. The van der Waals surface area contributed by atoms with Crippen LogP contribution in [0.4, 0.5) is 4.39 Å². The molecule has 0 atom stereocenters. The van der Waals surface area contributed by atoms with Gasteiger partial charge in [0.15, 0.2) is 0 Å². The number of hydrogen-bond donors (Lipinski definition) is 0. The Morgan fingerprint density at radius 1 is 1.27 bits per heavy atom. The van der Waals surface area contributed by atoms with Crippen LogP contribution >= 0.6 is 11.6 Å². The van der Waals surface area contributed by atoms with Crippen molar-refractivity contribution in [1.82, 2.24) is 9.55 Å². The predicted octanol–water partition coefficient (Wildman–Crippen LogP) is 3.51. The first-order valence-corrected chi connectivity index (χ1v) is 8.41. The van der Waals surface area contributed by atoms with Crippen LogP contribution in [0, 0.1) is 5.82 Å². The smallest absolute Gasteiger partial charge is 0.343 e. The number of carbonyl (C=O) groups excluding carboxylic acids is 1. The van der Waals surface area contributed by atoms with Crippen molar-refractivity contribution in [3.05, 3.63) is 51.0 Å². The number of aromatic nitrogens is 2. The zero-order chi connectivity index (χ0) is 18.8. The molecule has 2 heterocycles. The summed E-state index contributed by atoms with van der Waals surface area (Å²) < 4.78 is 25.7. The Kier molecular flexibility index (Phi) is 5.20. The third-order valence-electron chi connectivity index (χ3n) is 3.81. The van der Waals surface area contributed by atoms with Crippen molar-refractivity contribution in [3.8, 4) is 0 Å². The monoisotopic (exact) mass is 378 g/mol. The summed E-state index contributed by atoms with van der Waals surface area (Å²) in [6, 6.07) is 4.08. The van der Waals surface area contributed by atoms with Gasteiger partial charge in [0.05, 0.1) is 22.5 Å². The summed E-state index contributed by atoms with van der Waals surface area (Å²) in [6.45, 7) is 4.14. The van der Waals surface area contributed by atoms with Crippen LogP contribution in [-0.2, 0) is 16.2 Å². The van der Waals surface area contributed by atoms with Gasteiger partial charge in [0, 0.05) is 18.2 Å². The lowest BCUT2D eigenvalue weighted by Crippen LogP contribution is -2.22. The minimum Gasteiger partial charge on any atom is -0.462 e. The maximum Gasteiger partial charge on any atom is 0.343 e. The first-order valence-electron chi connectivity index (χ1n) is 8.04. The van der Waals surface area contributed by atoms with Crippen LogP contribution in [-0.4, -0.2) is 28.7 Å². The fourth-order valence-corrected chi connectivity index (χ4v) is 2.77. The molecule has 0 aliphatic carbocycles. The van der Waals surface area contributed by atoms with E-state index in [2.05, 4.69) is 4.98 Å². The number of ether oxygens (including phenoxy) is 2. The minimum atomic E-state index is -0.730. The molecule has 0 amide bonds. The van der Waals surface area contributed by atoms with Gasteiger partial charge < -0.3 is 14.0 Å². The second-order valence-corrected chi connectivity index (χ2v) is 5.91. The summed E-state index contributed by atoms with van der Waals surface area (Å²) >= 11 is 5.83. The van der Waals surface area contributed by atoms with Crippen LogP contribution < -0.4 is 5.43 Å². The number of fused-ring (bicyclic) bond motifs is 2. The van der Waals surface area contributed by atoms with Crippen molar-refractivity contribution < 1.29 is 18.7 Å². The van der Waals surface area contributed by atoms with Gasteiger partial charge in [-0.05, 0) is 32.0 Å². The third kappa shape index (κ3) is 3.27. The van der Waals surface area contributed by atoms with Gasteiger partial charge in [-0.3, -0.25) is 4.79 Å². The lowest BCUT2D eigenvalue weighted by Gasteiger charge is -2.13. The van der Waals surface area contributed by atoms with Crippen LogP contribution in [0.1, 0.15) is 24.2 Å². The number of halogens is 2. The van der Waals surface area contributed by atoms with E-state index in [1.54, 1.807) is 11.5 Å². The van der Waals surface area contributed by atoms with Gasteiger partial charge >= 0.3 is 5.97 Å². The molecular weight excluding hydrogens is 363 g/mol. The quantitative estimate of drug-likeness (QED) is 0.502. The van der Waals surface area contributed by atoms with Crippen molar-refractivity contribution in [2.45, 2.75) is 20.6 Å². The van der Waals surface area contributed by atoms with Gasteiger partial charge in [0.2, 0.25) is 5.43 Å². The van der Waals surface area contributed by atoms with Crippen molar-refractivity contribution in [3.63, 3.8) is 0 Å². The first kappa shape index (κ1) is 18.3. The lowest BCUT2D eigenvalue weighted by atomic mass is 10.1. The highest BCUT2D eigenvalue weighted by Gasteiger charge is 2.18. The molecule has 26 heavy (non-hydrogen) atoms. The Morgan fingerprint density at radius 2 is 2.04 bits per heavy atom. The highest BCUT2D eigenvalue weighted by atomic mass is 35.5. The number of esters is 1. The molecule has 0 aliphatic rings. The third-order valence-corrected chi connectivity index (χ3v) is 4.10. The van der Waals surface area contributed by atoms with E-state index in [1.165, 1.54) is 24.4 Å². The number of benzene rings is 1. The Hall–Kier alpha value is -2.51. The first-order chi connectivity index (χ1) is 12.5. The van der Waals surface area contributed by atoms with Gasteiger partial charge in [-0.15, -0.1) is 0 Å². The summed E-state index contributed by atoms with van der Waals surface area (Å²) in [6.07, 6.45) is 1.36. The number of pyridine rings is 2. The Morgan fingerprint density at radius 3 is 2.73 bits per heavy atom. The van der Waals surface area contributed by atoms with Crippen LogP contribution in [0.3, 0.4) is 0 Å². The molecule has 0 aliphatic heterocycles. The molecule has 0 saturated heterocycles. The summed E-state index contributed by atoms with van der Waals surface area (Å²) in [4.78, 5) is 29.3. The molecule has 0 radical (unpaired) electrons. The summed E-state index contributed by atoms with van der Waals surface area (Å²) in [5.41, 5.74) is 0.0784. The minimum absolute atomic E-state index is 0.0637. The Bertz CT molecular complexity index is 1060. The number of carbonyl (C=O) groups is 1. The van der Waals surface area contributed by atoms with Gasteiger partial charge in [-0.25, -0.2) is 14.2 Å². The Labute approximate surface area is 153 Å². The molecule has 0 spiro atoms. The van der Waals surface area contributed by atoms with Gasteiger partial charge in [0.1, 0.15) is 23.8 Å². The average molecular weight is 379 g/mol. The molecule has 136 valence electrons. The highest BCUT2D eigenvalue weighted by molar-refractivity contribution is 6.31. The molecule has 2 aromatic heterocycles. The zero-order valence-corrected chi connectivity index (χ0v) is 15.0. The lowest BCUT2D eigenvalue weighted by molar-refractivity contribution is 0.0521. The molecule has 3 aromatic rings. The van der Waals surface area contributed by atoms with E-state index in [4.69, 9.17) is 21.1 Å². The average Bonchev–Trinajstić information content (AvgIpc) is 2.61. The summed E-state index contributed by atoms with van der Waals surface area (Å²) in [5, 5.41) is 0.510. The predicted molar refractivity (Wildman–Crippen MR) is 96.1 cm³/mol. The summed E-state index contributed by atoms with van der Waals surface area (Å²) in [7, 11) is 0. The van der Waals surface area contributed by atoms with Gasteiger partial charge in [-0.2, -0.15) is 0 Å². The van der Waals surface area contributed by atoms with Gasteiger partial charge in [0.25, 0.3) is 0 Å². The SMILES string of the molecule is CCOCn1cc(C(=O)OCC)c(=O)c2cc3cc(F)c(Cl)cc3nc21. The maximum atomic E-state index is 13.8. The topological polar surface area (TPSA) is 70.4 Å². The van der Waals surface area contributed by atoms with Crippen molar-refractivity contribution >= 4 is 39.5 Å². The van der Waals surface area contributed by atoms with E-state index in [0.29, 0.717) is 23.2 Å². The van der Waals surface area contributed by atoms with Crippen LogP contribution in [0.2, 0.25) is 5.02 Å². The van der Waals surface area contributed by atoms with Crippen LogP contribution in [0.25, 0.3) is 21.9 Å².